The van der Waals surface area contributed by atoms with Gasteiger partial charge in [-0.2, -0.15) is 0 Å². The molecule has 2 rings (SSSR count). The van der Waals surface area contributed by atoms with E-state index in [2.05, 4.69) is 15.3 Å². The first kappa shape index (κ1) is 9.72. The Morgan fingerprint density at radius 3 is 3.00 bits per heavy atom. The molecule has 0 spiro atoms. The van der Waals surface area contributed by atoms with Crippen LogP contribution in [0.1, 0.15) is 11.4 Å². The zero-order valence-electron chi connectivity index (χ0n) is 7.84. The standard InChI is InChI=1S/C9H9FN4O/c10-8-2-1-3-11-9(8)5-14-4-7(6-15)12-13-14/h1-4,15H,5-6H2. The Bertz CT molecular complexity index is 457. The first-order valence-corrected chi connectivity index (χ1v) is 4.39. The lowest BCUT2D eigenvalue weighted by molar-refractivity contribution is 0.276. The van der Waals surface area contributed by atoms with E-state index in [9.17, 15) is 4.39 Å². The van der Waals surface area contributed by atoms with Crippen molar-refractivity contribution in [3.05, 3.63) is 41.7 Å². The van der Waals surface area contributed by atoms with E-state index in [0.29, 0.717) is 11.4 Å². The van der Waals surface area contributed by atoms with Gasteiger partial charge in [-0.25, -0.2) is 9.07 Å². The summed E-state index contributed by atoms with van der Waals surface area (Å²) in [6.45, 7) is 0.0321. The molecule has 0 unspecified atom stereocenters. The molecule has 0 aliphatic carbocycles. The van der Waals surface area contributed by atoms with Gasteiger partial charge in [0, 0.05) is 6.20 Å². The maximum absolute atomic E-state index is 13.2. The first-order valence-electron chi connectivity index (χ1n) is 4.39. The van der Waals surface area contributed by atoms with Crippen molar-refractivity contribution < 1.29 is 9.50 Å². The quantitative estimate of drug-likeness (QED) is 0.790. The highest BCUT2D eigenvalue weighted by Gasteiger charge is 2.05. The molecule has 0 saturated heterocycles. The highest BCUT2D eigenvalue weighted by atomic mass is 19.1. The van der Waals surface area contributed by atoms with Crippen molar-refractivity contribution >= 4 is 0 Å². The van der Waals surface area contributed by atoms with Crippen LogP contribution in [0.15, 0.2) is 24.5 Å². The van der Waals surface area contributed by atoms with Crippen LogP contribution in [0.3, 0.4) is 0 Å². The van der Waals surface area contributed by atoms with Crippen molar-refractivity contribution in [1.29, 1.82) is 0 Å². The molecule has 0 radical (unpaired) electrons. The Balaban J connectivity index is 2.18. The molecule has 0 aliphatic rings. The Labute approximate surface area is 85.2 Å². The largest absolute Gasteiger partial charge is 0.390 e. The second-order valence-corrected chi connectivity index (χ2v) is 3.00. The molecular weight excluding hydrogens is 199 g/mol. The molecule has 0 saturated carbocycles. The van der Waals surface area contributed by atoms with E-state index >= 15 is 0 Å². The van der Waals surface area contributed by atoms with Gasteiger partial charge in [0.05, 0.1) is 25.0 Å². The molecule has 0 amide bonds. The molecule has 0 fully saturated rings. The molecule has 0 aromatic carbocycles. The van der Waals surface area contributed by atoms with Crippen LogP contribution < -0.4 is 0 Å². The Morgan fingerprint density at radius 2 is 2.33 bits per heavy atom. The van der Waals surface area contributed by atoms with Gasteiger partial charge in [-0.3, -0.25) is 4.98 Å². The molecule has 15 heavy (non-hydrogen) atoms. The molecular formula is C9H9FN4O. The van der Waals surface area contributed by atoms with Crippen LogP contribution in [0.25, 0.3) is 0 Å². The molecule has 0 atom stereocenters. The number of pyridine rings is 1. The average molecular weight is 208 g/mol. The Morgan fingerprint density at radius 1 is 1.47 bits per heavy atom. The highest BCUT2D eigenvalue weighted by molar-refractivity contribution is 5.07. The van der Waals surface area contributed by atoms with E-state index in [1.54, 1.807) is 6.20 Å². The van der Waals surface area contributed by atoms with Gasteiger partial charge >= 0.3 is 0 Å². The summed E-state index contributed by atoms with van der Waals surface area (Å²) < 4.78 is 14.6. The third kappa shape index (κ3) is 2.16. The maximum Gasteiger partial charge on any atom is 0.146 e. The molecule has 78 valence electrons. The van der Waals surface area contributed by atoms with E-state index in [1.165, 1.54) is 23.0 Å². The van der Waals surface area contributed by atoms with Gasteiger partial charge in [-0.15, -0.1) is 5.10 Å². The fourth-order valence-corrected chi connectivity index (χ4v) is 1.18. The summed E-state index contributed by atoms with van der Waals surface area (Å²) in [4.78, 5) is 3.88. The third-order valence-electron chi connectivity index (χ3n) is 1.89. The molecule has 0 aliphatic heterocycles. The van der Waals surface area contributed by atoms with Crippen LogP contribution in [-0.2, 0) is 13.2 Å². The van der Waals surface area contributed by atoms with Crippen LogP contribution in [0, 0.1) is 5.82 Å². The van der Waals surface area contributed by atoms with Crippen LogP contribution in [0.2, 0.25) is 0 Å². The lowest BCUT2D eigenvalue weighted by Crippen LogP contribution is -2.04. The second kappa shape index (κ2) is 4.14. The van der Waals surface area contributed by atoms with Gasteiger partial charge in [-0.05, 0) is 12.1 Å². The summed E-state index contributed by atoms with van der Waals surface area (Å²) in [5.74, 6) is -0.376. The Hall–Kier alpha value is -1.82. The lowest BCUT2D eigenvalue weighted by atomic mass is 10.3. The van der Waals surface area contributed by atoms with Gasteiger partial charge in [0.15, 0.2) is 0 Å². The molecule has 0 bridgehead atoms. The zero-order valence-corrected chi connectivity index (χ0v) is 7.84. The van der Waals surface area contributed by atoms with E-state index in [-0.39, 0.29) is 19.0 Å². The summed E-state index contributed by atoms with van der Waals surface area (Å²) in [5, 5.41) is 16.2. The minimum atomic E-state index is -0.376. The number of hydrogen-bond acceptors (Lipinski definition) is 4. The molecule has 2 heterocycles. The molecule has 1 N–H and O–H groups in total. The van der Waals surface area contributed by atoms with Crippen LogP contribution in [-0.4, -0.2) is 25.1 Å². The van der Waals surface area contributed by atoms with Gasteiger partial charge in [-0.1, -0.05) is 5.21 Å². The maximum atomic E-state index is 13.2. The number of aliphatic hydroxyl groups excluding tert-OH is 1. The minimum Gasteiger partial charge on any atom is -0.390 e. The minimum absolute atomic E-state index is 0.176. The van der Waals surface area contributed by atoms with Crippen molar-refractivity contribution in [2.75, 3.05) is 0 Å². The SMILES string of the molecule is OCc1cn(Cc2ncccc2F)nn1. The van der Waals surface area contributed by atoms with E-state index in [4.69, 9.17) is 5.11 Å². The van der Waals surface area contributed by atoms with Crippen LogP contribution in [0.4, 0.5) is 4.39 Å². The third-order valence-corrected chi connectivity index (χ3v) is 1.89. The number of hydrogen-bond donors (Lipinski definition) is 1. The average Bonchev–Trinajstić information content (AvgIpc) is 2.69. The van der Waals surface area contributed by atoms with Crippen molar-refractivity contribution in [1.82, 2.24) is 20.0 Å². The van der Waals surface area contributed by atoms with Crippen molar-refractivity contribution in [3.8, 4) is 0 Å². The predicted octanol–water partition coefficient (Wildman–Crippen LogP) is 0.353. The smallest absolute Gasteiger partial charge is 0.146 e. The van der Waals surface area contributed by atoms with E-state index in [0.717, 1.165) is 0 Å². The van der Waals surface area contributed by atoms with Crippen LogP contribution in [0.5, 0.6) is 0 Å². The summed E-state index contributed by atoms with van der Waals surface area (Å²) in [6.07, 6.45) is 3.07. The monoisotopic (exact) mass is 208 g/mol. The fourth-order valence-electron chi connectivity index (χ4n) is 1.18. The van der Waals surface area contributed by atoms with Crippen LogP contribution >= 0.6 is 0 Å². The summed E-state index contributed by atoms with van der Waals surface area (Å²) >= 11 is 0. The predicted molar refractivity (Wildman–Crippen MR) is 49.2 cm³/mol. The highest BCUT2D eigenvalue weighted by Crippen LogP contribution is 2.04. The molecule has 2 aromatic heterocycles. The summed E-state index contributed by atoms with van der Waals surface area (Å²) in [7, 11) is 0. The summed E-state index contributed by atoms with van der Waals surface area (Å²) in [6, 6.07) is 2.87. The van der Waals surface area contributed by atoms with Gasteiger partial charge < -0.3 is 5.11 Å². The van der Waals surface area contributed by atoms with Gasteiger partial charge in [0.2, 0.25) is 0 Å². The zero-order chi connectivity index (χ0) is 10.7. The molecule has 2 aromatic rings. The van der Waals surface area contributed by atoms with Crippen molar-refractivity contribution in [2.24, 2.45) is 0 Å². The van der Waals surface area contributed by atoms with Gasteiger partial charge in [0.25, 0.3) is 0 Å². The normalized spacial score (nSPS) is 10.5. The number of aromatic nitrogens is 4. The second-order valence-electron chi connectivity index (χ2n) is 3.00. The van der Waals surface area contributed by atoms with Crippen molar-refractivity contribution in [2.45, 2.75) is 13.2 Å². The Kier molecular flexibility index (Phi) is 2.68. The summed E-state index contributed by atoms with van der Waals surface area (Å²) in [5.41, 5.74) is 0.748. The fraction of sp³-hybridized carbons (Fsp3) is 0.222. The van der Waals surface area contributed by atoms with Crippen molar-refractivity contribution in [3.63, 3.8) is 0 Å². The van der Waals surface area contributed by atoms with Gasteiger partial charge in [0.1, 0.15) is 11.5 Å². The number of nitrogens with zero attached hydrogens (tertiary/aromatic N) is 4. The first-order chi connectivity index (χ1) is 7.29. The van der Waals surface area contributed by atoms with E-state index < -0.39 is 0 Å². The topological polar surface area (TPSA) is 63.8 Å². The van der Waals surface area contributed by atoms with E-state index in [1.807, 2.05) is 0 Å². The lowest BCUT2D eigenvalue weighted by Gasteiger charge is -2.00. The molecule has 6 heteroatoms. The number of halogens is 1. The number of rotatable bonds is 3. The number of aliphatic hydroxyl groups is 1. The molecule has 5 nitrogen and oxygen atoms in total.